The normalized spacial score (nSPS) is 22.8. The number of nitrogens with one attached hydrogen (secondary N) is 1. The molecular formula is C21H30F3N3O3. The van der Waals surface area contributed by atoms with Crippen LogP contribution in [0, 0.1) is 0 Å². The fourth-order valence-electron chi connectivity index (χ4n) is 3.85. The van der Waals surface area contributed by atoms with Crippen molar-refractivity contribution in [3.05, 3.63) is 29.8 Å². The molecule has 2 aliphatic rings. The van der Waals surface area contributed by atoms with Crippen molar-refractivity contribution in [1.82, 2.24) is 10.2 Å². The molecule has 1 aromatic carbocycles. The minimum absolute atomic E-state index is 0.0260. The third-order valence-electron chi connectivity index (χ3n) is 5.45. The lowest BCUT2D eigenvalue weighted by Crippen LogP contribution is -2.47. The smallest absolute Gasteiger partial charge is 0.405 e. The van der Waals surface area contributed by atoms with Crippen molar-refractivity contribution in [3.63, 3.8) is 0 Å². The summed E-state index contributed by atoms with van der Waals surface area (Å²) in [4.78, 5) is 6.56. The number of halogens is 3. The first-order valence-electron chi connectivity index (χ1n) is 10.3. The van der Waals surface area contributed by atoms with E-state index in [-0.39, 0.29) is 23.8 Å². The number of ether oxygens (including phenoxy) is 3. The summed E-state index contributed by atoms with van der Waals surface area (Å²) >= 11 is 0. The molecule has 1 saturated heterocycles. The van der Waals surface area contributed by atoms with E-state index in [1.165, 1.54) is 6.07 Å². The van der Waals surface area contributed by atoms with Crippen LogP contribution in [0.3, 0.4) is 0 Å². The molecule has 0 bridgehead atoms. The van der Waals surface area contributed by atoms with Crippen LogP contribution >= 0.6 is 0 Å². The van der Waals surface area contributed by atoms with Crippen LogP contribution in [0.25, 0.3) is 0 Å². The van der Waals surface area contributed by atoms with Gasteiger partial charge in [0.05, 0.1) is 6.10 Å². The number of hydrogen-bond donors (Lipinski definition) is 1. The van der Waals surface area contributed by atoms with E-state index < -0.39 is 6.36 Å². The first-order valence-corrected chi connectivity index (χ1v) is 10.3. The van der Waals surface area contributed by atoms with Crippen LogP contribution in [0.5, 0.6) is 5.75 Å². The van der Waals surface area contributed by atoms with Gasteiger partial charge in [-0.2, -0.15) is 0 Å². The molecule has 1 heterocycles. The van der Waals surface area contributed by atoms with Gasteiger partial charge in [0.15, 0.2) is 5.96 Å². The van der Waals surface area contributed by atoms with Gasteiger partial charge in [0, 0.05) is 52.4 Å². The molecule has 0 spiro atoms. The standard InChI is InChI=1S/C21H30F3N3O3/c1-25-20(27-10-8-15(9-11-27)29-13-5-12-28-2)26-18-14-17(18)16-6-3-4-7-19(16)30-21(22,23)24/h3-4,6-7,15,17-18H,5,8-14H2,1-2H3,(H,25,26). The fourth-order valence-corrected chi connectivity index (χ4v) is 3.85. The Hall–Kier alpha value is -2.00. The molecule has 0 aromatic heterocycles. The third-order valence-corrected chi connectivity index (χ3v) is 5.45. The summed E-state index contributed by atoms with van der Waals surface area (Å²) in [5, 5.41) is 3.41. The van der Waals surface area contributed by atoms with Gasteiger partial charge in [-0.15, -0.1) is 13.2 Å². The van der Waals surface area contributed by atoms with Crippen LogP contribution in [0.4, 0.5) is 13.2 Å². The van der Waals surface area contributed by atoms with Gasteiger partial charge in [-0.1, -0.05) is 18.2 Å². The summed E-state index contributed by atoms with van der Waals surface area (Å²) in [7, 11) is 3.41. The molecule has 168 valence electrons. The number of guanidine groups is 1. The number of alkyl halides is 3. The molecule has 30 heavy (non-hydrogen) atoms. The molecule has 1 aliphatic heterocycles. The van der Waals surface area contributed by atoms with Crippen molar-refractivity contribution in [1.29, 1.82) is 0 Å². The van der Waals surface area contributed by atoms with E-state index in [9.17, 15) is 13.2 Å². The Kier molecular flexibility index (Phi) is 7.82. The largest absolute Gasteiger partial charge is 0.573 e. The molecule has 2 atom stereocenters. The van der Waals surface area contributed by atoms with Gasteiger partial charge in [-0.25, -0.2) is 0 Å². The lowest BCUT2D eigenvalue weighted by molar-refractivity contribution is -0.274. The van der Waals surface area contributed by atoms with Crippen LogP contribution in [0.2, 0.25) is 0 Å². The zero-order chi connectivity index (χ0) is 21.6. The van der Waals surface area contributed by atoms with Gasteiger partial charge >= 0.3 is 6.36 Å². The van der Waals surface area contributed by atoms with E-state index in [0.717, 1.165) is 44.7 Å². The van der Waals surface area contributed by atoms with Gasteiger partial charge in [0.25, 0.3) is 0 Å². The highest BCUT2D eigenvalue weighted by atomic mass is 19.4. The van der Waals surface area contributed by atoms with Gasteiger partial charge in [0.2, 0.25) is 0 Å². The Morgan fingerprint density at radius 3 is 2.60 bits per heavy atom. The van der Waals surface area contributed by atoms with Crippen molar-refractivity contribution in [2.24, 2.45) is 4.99 Å². The Balaban J connectivity index is 1.48. The Labute approximate surface area is 175 Å². The molecule has 1 aliphatic carbocycles. The van der Waals surface area contributed by atoms with Crippen LogP contribution in [0.15, 0.2) is 29.3 Å². The van der Waals surface area contributed by atoms with Crippen molar-refractivity contribution in [2.75, 3.05) is 40.5 Å². The van der Waals surface area contributed by atoms with Gasteiger partial charge in [-0.05, 0) is 37.3 Å². The lowest BCUT2D eigenvalue weighted by atomic mass is 10.1. The molecule has 1 aromatic rings. The quantitative estimate of drug-likeness (QED) is 0.389. The summed E-state index contributed by atoms with van der Waals surface area (Å²) in [6.45, 7) is 3.07. The molecule has 1 N–H and O–H groups in total. The monoisotopic (exact) mass is 429 g/mol. The van der Waals surface area contributed by atoms with E-state index in [2.05, 4.69) is 19.9 Å². The predicted octanol–water partition coefficient (Wildman–Crippen LogP) is 3.53. The summed E-state index contributed by atoms with van der Waals surface area (Å²) in [6, 6.07) is 6.40. The van der Waals surface area contributed by atoms with Crippen molar-refractivity contribution < 1.29 is 27.4 Å². The molecule has 1 saturated carbocycles. The molecule has 2 fully saturated rings. The lowest BCUT2D eigenvalue weighted by Gasteiger charge is -2.34. The average molecular weight is 429 g/mol. The molecule has 3 rings (SSSR count). The van der Waals surface area contributed by atoms with E-state index in [1.807, 2.05) is 0 Å². The number of para-hydroxylation sites is 1. The summed E-state index contributed by atoms with van der Waals surface area (Å²) < 4.78 is 53.2. The minimum Gasteiger partial charge on any atom is -0.405 e. The SMILES string of the molecule is CN=C(NC1CC1c1ccccc1OC(F)(F)F)N1CCC(OCCCOC)CC1. The third kappa shape index (κ3) is 6.50. The second-order valence-electron chi connectivity index (χ2n) is 7.63. The number of aliphatic imine (C=N–C) groups is 1. The van der Waals surface area contributed by atoms with Gasteiger partial charge in [0.1, 0.15) is 5.75 Å². The maximum atomic E-state index is 12.7. The number of nitrogens with zero attached hydrogens (tertiary/aromatic N) is 2. The van der Waals surface area contributed by atoms with E-state index >= 15 is 0 Å². The minimum atomic E-state index is -4.69. The highest BCUT2D eigenvalue weighted by Crippen LogP contribution is 2.45. The molecule has 0 radical (unpaired) electrons. The van der Waals surface area contributed by atoms with E-state index in [4.69, 9.17) is 9.47 Å². The van der Waals surface area contributed by atoms with Crippen LogP contribution in [0.1, 0.15) is 37.2 Å². The highest BCUT2D eigenvalue weighted by Gasteiger charge is 2.43. The zero-order valence-electron chi connectivity index (χ0n) is 17.5. The number of methoxy groups -OCH3 is 1. The van der Waals surface area contributed by atoms with Crippen molar-refractivity contribution in [3.8, 4) is 5.75 Å². The van der Waals surface area contributed by atoms with Crippen LogP contribution in [-0.4, -0.2) is 69.8 Å². The first-order chi connectivity index (χ1) is 14.4. The van der Waals surface area contributed by atoms with Crippen molar-refractivity contribution >= 4 is 5.96 Å². The molecule has 2 unspecified atom stereocenters. The Morgan fingerprint density at radius 2 is 1.93 bits per heavy atom. The Bertz CT molecular complexity index is 706. The maximum Gasteiger partial charge on any atom is 0.573 e. The molecule has 0 amide bonds. The van der Waals surface area contributed by atoms with Crippen LogP contribution in [-0.2, 0) is 9.47 Å². The second-order valence-corrected chi connectivity index (χ2v) is 7.63. The number of piperidine rings is 1. The second kappa shape index (κ2) is 10.3. The molecular weight excluding hydrogens is 399 g/mol. The van der Waals surface area contributed by atoms with Gasteiger partial charge < -0.3 is 24.4 Å². The highest BCUT2D eigenvalue weighted by molar-refractivity contribution is 5.81. The van der Waals surface area contributed by atoms with E-state index in [0.29, 0.717) is 18.8 Å². The zero-order valence-corrected chi connectivity index (χ0v) is 17.5. The number of hydrogen-bond acceptors (Lipinski definition) is 4. The molecule has 9 heteroatoms. The molecule has 6 nitrogen and oxygen atoms in total. The first kappa shape index (κ1) is 22.7. The number of likely N-dealkylation sites (tertiary alicyclic amines) is 1. The van der Waals surface area contributed by atoms with Gasteiger partial charge in [-0.3, -0.25) is 4.99 Å². The fraction of sp³-hybridized carbons (Fsp3) is 0.667. The van der Waals surface area contributed by atoms with Crippen molar-refractivity contribution in [2.45, 2.75) is 50.1 Å². The van der Waals surface area contributed by atoms with Crippen LogP contribution < -0.4 is 10.1 Å². The summed E-state index contributed by atoms with van der Waals surface area (Å²) in [5.74, 6) is 0.636. The number of benzene rings is 1. The average Bonchev–Trinajstić information content (AvgIpc) is 3.48. The summed E-state index contributed by atoms with van der Waals surface area (Å²) in [6.07, 6.45) is -0.969. The number of rotatable bonds is 8. The maximum absolute atomic E-state index is 12.7. The topological polar surface area (TPSA) is 55.3 Å². The predicted molar refractivity (Wildman–Crippen MR) is 108 cm³/mol. The summed E-state index contributed by atoms with van der Waals surface area (Å²) in [5.41, 5.74) is 0.575. The Morgan fingerprint density at radius 1 is 1.20 bits per heavy atom. The van der Waals surface area contributed by atoms with E-state index in [1.54, 1.807) is 32.4 Å².